The van der Waals surface area contributed by atoms with Crippen LogP contribution in [0.2, 0.25) is 0 Å². The minimum absolute atomic E-state index is 0.123. The van der Waals surface area contributed by atoms with E-state index >= 15 is 0 Å². The first-order valence-corrected chi connectivity index (χ1v) is 7.51. The molecule has 1 aromatic carbocycles. The molecule has 0 aliphatic heterocycles. The predicted octanol–water partition coefficient (Wildman–Crippen LogP) is 3.11. The topological polar surface area (TPSA) is 58.6 Å². The van der Waals surface area contributed by atoms with Crippen molar-refractivity contribution < 1.29 is 14.6 Å². The lowest BCUT2D eigenvalue weighted by atomic mass is 10.1. The highest BCUT2D eigenvalue weighted by atomic mass is 32.1. The minimum atomic E-state index is -0.860. The number of thiophene rings is 1. The number of carboxylic acids is 1. The highest BCUT2D eigenvalue weighted by molar-refractivity contribution is 7.21. The number of ether oxygens (including phenoxy) is 1. The Morgan fingerprint density at radius 3 is 2.90 bits per heavy atom. The van der Waals surface area contributed by atoms with Crippen molar-refractivity contribution in [3.05, 3.63) is 34.7 Å². The summed E-state index contributed by atoms with van der Waals surface area (Å²) < 4.78 is 6.46. The van der Waals surface area contributed by atoms with Gasteiger partial charge in [-0.1, -0.05) is 18.2 Å². The van der Waals surface area contributed by atoms with Crippen molar-refractivity contribution in [2.45, 2.75) is 26.5 Å². The van der Waals surface area contributed by atoms with Crippen molar-refractivity contribution >= 4 is 27.4 Å². The van der Waals surface area contributed by atoms with E-state index in [0.29, 0.717) is 24.6 Å². The molecule has 0 radical (unpaired) electrons. The Kier molecular flexibility index (Phi) is 5.11. The van der Waals surface area contributed by atoms with E-state index in [2.05, 4.69) is 5.32 Å². The maximum absolute atomic E-state index is 11.3. The van der Waals surface area contributed by atoms with Gasteiger partial charge in [-0.3, -0.25) is 0 Å². The quantitative estimate of drug-likeness (QED) is 0.823. The molecule has 1 unspecified atom stereocenters. The molecule has 1 atom stereocenters. The molecule has 1 heterocycles. The van der Waals surface area contributed by atoms with Crippen molar-refractivity contribution in [3.63, 3.8) is 0 Å². The monoisotopic (exact) mass is 293 g/mol. The van der Waals surface area contributed by atoms with Crippen LogP contribution < -0.4 is 5.32 Å². The molecule has 4 nitrogen and oxygen atoms in total. The van der Waals surface area contributed by atoms with E-state index in [-0.39, 0.29) is 6.10 Å². The summed E-state index contributed by atoms with van der Waals surface area (Å²) in [6.07, 6.45) is 0.123. The second-order valence-corrected chi connectivity index (χ2v) is 5.66. The van der Waals surface area contributed by atoms with Crippen LogP contribution in [0, 0.1) is 0 Å². The van der Waals surface area contributed by atoms with Crippen molar-refractivity contribution in [3.8, 4) is 0 Å². The maximum atomic E-state index is 11.3. The van der Waals surface area contributed by atoms with Gasteiger partial charge < -0.3 is 15.2 Å². The van der Waals surface area contributed by atoms with Crippen molar-refractivity contribution in [1.29, 1.82) is 0 Å². The van der Waals surface area contributed by atoms with E-state index in [4.69, 9.17) is 4.74 Å². The van der Waals surface area contributed by atoms with Crippen LogP contribution in [0.25, 0.3) is 10.1 Å². The first-order chi connectivity index (χ1) is 9.63. The van der Waals surface area contributed by atoms with Gasteiger partial charge in [-0.15, -0.1) is 11.3 Å². The molecule has 5 heteroatoms. The first-order valence-electron chi connectivity index (χ1n) is 6.69. The number of nitrogens with one attached hydrogen (secondary N) is 1. The summed E-state index contributed by atoms with van der Waals surface area (Å²) >= 11 is 1.33. The summed E-state index contributed by atoms with van der Waals surface area (Å²) in [5.41, 5.74) is 0.863. The molecule has 0 bridgehead atoms. The van der Waals surface area contributed by atoms with E-state index in [1.54, 1.807) is 0 Å². The second kappa shape index (κ2) is 6.83. The summed E-state index contributed by atoms with van der Waals surface area (Å²) in [6.45, 7) is 5.90. The van der Waals surface area contributed by atoms with Gasteiger partial charge in [-0.05, 0) is 30.9 Å². The molecule has 0 aliphatic carbocycles. The molecule has 20 heavy (non-hydrogen) atoms. The summed E-state index contributed by atoms with van der Waals surface area (Å²) in [6, 6.07) is 7.80. The molecule has 0 saturated carbocycles. The first kappa shape index (κ1) is 15.0. The van der Waals surface area contributed by atoms with Gasteiger partial charge in [-0.25, -0.2) is 4.79 Å². The Balaban J connectivity index is 2.15. The number of hydrogen-bond acceptors (Lipinski definition) is 4. The predicted molar refractivity (Wildman–Crippen MR) is 81.6 cm³/mol. The van der Waals surface area contributed by atoms with Gasteiger partial charge in [0.05, 0.1) is 6.10 Å². The fourth-order valence-electron chi connectivity index (χ4n) is 2.19. The Morgan fingerprint density at radius 1 is 1.45 bits per heavy atom. The van der Waals surface area contributed by atoms with Crippen LogP contribution in [0.15, 0.2) is 24.3 Å². The van der Waals surface area contributed by atoms with Crippen molar-refractivity contribution in [2.75, 3.05) is 13.2 Å². The van der Waals surface area contributed by atoms with E-state index in [1.165, 1.54) is 11.3 Å². The number of hydrogen-bond donors (Lipinski definition) is 2. The van der Waals surface area contributed by atoms with E-state index in [0.717, 1.165) is 15.6 Å². The van der Waals surface area contributed by atoms with E-state index in [1.807, 2.05) is 38.1 Å². The highest BCUT2D eigenvalue weighted by Crippen LogP contribution is 2.31. The normalized spacial score (nSPS) is 12.7. The van der Waals surface area contributed by atoms with Crippen LogP contribution in [0.4, 0.5) is 0 Å². The Hall–Kier alpha value is -1.43. The molecule has 0 fully saturated rings. The molecule has 2 aromatic rings. The maximum Gasteiger partial charge on any atom is 0.346 e. The second-order valence-electron chi connectivity index (χ2n) is 4.61. The van der Waals surface area contributed by atoms with Crippen LogP contribution in [-0.4, -0.2) is 30.3 Å². The van der Waals surface area contributed by atoms with Gasteiger partial charge in [0.15, 0.2) is 0 Å². The summed E-state index contributed by atoms with van der Waals surface area (Å²) in [7, 11) is 0. The largest absolute Gasteiger partial charge is 0.477 e. The smallest absolute Gasteiger partial charge is 0.346 e. The summed E-state index contributed by atoms with van der Waals surface area (Å²) in [5.74, 6) is -0.860. The molecule has 0 amide bonds. The molecular formula is C15H19NO3S. The number of rotatable bonds is 7. The van der Waals surface area contributed by atoms with Gasteiger partial charge in [0, 0.05) is 24.4 Å². The number of carbonyl (C=O) groups is 1. The van der Waals surface area contributed by atoms with Crippen molar-refractivity contribution in [2.24, 2.45) is 0 Å². The van der Waals surface area contributed by atoms with Crippen LogP contribution in [0.3, 0.4) is 0 Å². The van der Waals surface area contributed by atoms with Crippen molar-refractivity contribution in [1.82, 2.24) is 5.32 Å². The highest BCUT2D eigenvalue weighted by Gasteiger charge is 2.17. The molecule has 1 aromatic heterocycles. The molecule has 0 aliphatic rings. The minimum Gasteiger partial charge on any atom is -0.477 e. The molecule has 0 saturated heterocycles. The van der Waals surface area contributed by atoms with Crippen LogP contribution >= 0.6 is 11.3 Å². The number of fused-ring (bicyclic) bond motifs is 1. The average Bonchev–Trinajstić information content (AvgIpc) is 2.78. The lowest BCUT2D eigenvalue weighted by molar-refractivity contribution is 0.0700. The fourth-order valence-corrected chi connectivity index (χ4v) is 3.25. The number of benzene rings is 1. The zero-order valence-corrected chi connectivity index (χ0v) is 12.5. The van der Waals surface area contributed by atoms with Crippen LogP contribution in [0.1, 0.15) is 29.1 Å². The molecular weight excluding hydrogens is 274 g/mol. The average molecular weight is 293 g/mol. The summed E-state index contributed by atoms with van der Waals surface area (Å²) in [4.78, 5) is 11.8. The third kappa shape index (κ3) is 3.36. The third-order valence-corrected chi connectivity index (χ3v) is 4.28. The fraction of sp³-hybridized carbons (Fsp3) is 0.400. The SMILES string of the molecule is CCOC(C)CNCc1c(C(=O)O)sc2ccccc12. The summed E-state index contributed by atoms with van der Waals surface area (Å²) in [5, 5.41) is 13.6. The Bertz CT molecular complexity index is 594. The Morgan fingerprint density at radius 2 is 2.20 bits per heavy atom. The zero-order chi connectivity index (χ0) is 14.5. The van der Waals surface area contributed by atoms with Crippen LogP contribution in [-0.2, 0) is 11.3 Å². The lowest BCUT2D eigenvalue weighted by Gasteiger charge is -2.12. The van der Waals surface area contributed by atoms with Gasteiger partial charge in [0.25, 0.3) is 0 Å². The number of aromatic carboxylic acids is 1. The van der Waals surface area contributed by atoms with Gasteiger partial charge >= 0.3 is 5.97 Å². The standard InChI is InChI=1S/C15H19NO3S/c1-3-19-10(2)8-16-9-12-11-6-4-5-7-13(11)20-14(12)15(17)18/h4-7,10,16H,3,8-9H2,1-2H3,(H,17,18). The third-order valence-electron chi connectivity index (χ3n) is 3.08. The Labute approximate surface area is 122 Å². The molecule has 0 spiro atoms. The zero-order valence-electron chi connectivity index (χ0n) is 11.7. The molecule has 2 rings (SSSR count). The van der Waals surface area contributed by atoms with Gasteiger partial charge in [-0.2, -0.15) is 0 Å². The van der Waals surface area contributed by atoms with Gasteiger partial charge in [0.2, 0.25) is 0 Å². The van der Waals surface area contributed by atoms with E-state index < -0.39 is 5.97 Å². The van der Waals surface area contributed by atoms with Gasteiger partial charge in [0.1, 0.15) is 4.88 Å². The van der Waals surface area contributed by atoms with E-state index in [9.17, 15) is 9.90 Å². The molecule has 2 N–H and O–H groups in total. The number of carboxylic acid groups (broad SMARTS) is 1. The van der Waals surface area contributed by atoms with Crippen LogP contribution in [0.5, 0.6) is 0 Å². The lowest BCUT2D eigenvalue weighted by Crippen LogP contribution is -2.26. The molecule has 108 valence electrons.